The number of aromatic nitrogens is 1. The van der Waals surface area contributed by atoms with E-state index in [0.717, 1.165) is 5.56 Å². The third kappa shape index (κ3) is 4.28. The summed E-state index contributed by atoms with van der Waals surface area (Å²) in [6, 6.07) is 15.2. The highest BCUT2D eigenvalue weighted by molar-refractivity contribution is 7.93. The highest BCUT2D eigenvalue weighted by atomic mass is 35.5. The summed E-state index contributed by atoms with van der Waals surface area (Å²) in [5.74, 6) is -0.0715. The molecule has 0 saturated carbocycles. The number of benzene rings is 2. The average molecular weight is 433 g/mol. The van der Waals surface area contributed by atoms with E-state index in [4.69, 9.17) is 20.9 Å². The van der Waals surface area contributed by atoms with Crippen LogP contribution in [0.25, 0.3) is 11.3 Å². The molecule has 29 heavy (non-hydrogen) atoms. The van der Waals surface area contributed by atoms with Crippen LogP contribution in [0.3, 0.4) is 0 Å². The Morgan fingerprint density at radius 2 is 1.97 bits per heavy atom. The molecule has 0 unspecified atom stereocenters. The van der Waals surface area contributed by atoms with E-state index in [-0.39, 0.29) is 17.9 Å². The minimum Gasteiger partial charge on any atom is -0.454 e. The van der Waals surface area contributed by atoms with Gasteiger partial charge in [0, 0.05) is 23.2 Å². The predicted molar refractivity (Wildman–Crippen MR) is 108 cm³/mol. The number of esters is 1. The molecule has 0 aliphatic carbocycles. The number of carbonyl (C=O) groups excluding carboxylic acids is 1. The molecular weight excluding hydrogens is 416 g/mol. The van der Waals surface area contributed by atoms with E-state index in [0.29, 0.717) is 35.1 Å². The molecule has 1 aromatic heterocycles. The van der Waals surface area contributed by atoms with Crippen molar-refractivity contribution in [2.24, 2.45) is 0 Å². The van der Waals surface area contributed by atoms with E-state index >= 15 is 0 Å². The average Bonchev–Trinajstić information content (AvgIpc) is 3.32. The van der Waals surface area contributed by atoms with Crippen LogP contribution in [0.4, 0.5) is 5.69 Å². The Balaban J connectivity index is 1.43. The lowest BCUT2D eigenvalue weighted by molar-refractivity contribution is 0.0437. The van der Waals surface area contributed by atoms with Crippen molar-refractivity contribution in [1.29, 1.82) is 0 Å². The van der Waals surface area contributed by atoms with Crippen LogP contribution >= 0.6 is 11.6 Å². The number of nitrogens with zero attached hydrogens (tertiary/aromatic N) is 2. The zero-order valence-electron chi connectivity index (χ0n) is 15.2. The molecule has 7 nitrogen and oxygen atoms in total. The third-order valence-electron chi connectivity index (χ3n) is 4.51. The molecule has 150 valence electrons. The highest BCUT2D eigenvalue weighted by Gasteiger charge is 2.28. The fourth-order valence-corrected chi connectivity index (χ4v) is 4.76. The van der Waals surface area contributed by atoms with Gasteiger partial charge in [-0.3, -0.25) is 4.31 Å². The zero-order valence-corrected chi connectivity index (χ0v) is 16.8. The van der Waals surface area contributed by atoms with Gasteiger partial charge in [-0.25, -0.2) is 13.2 Å². The van der Waals surface area contributed by atoms with Crippen molar-refractivity contribution in [3.05, 3.63) is 70.9 Å². The van der Waals surface area contributed by atoms with Crippen molar-refractivity contribution in [3.8, 4) is 11.3 Å². The summed E-state index contributed by atoms with van der Waals surface area (Å²) in [5.41, 5.74) is 2.16. The van der Waals surface area contributed by atoms with Crippen molar-refractivity contribution >= 4 is 33.3 Å². The van der Waals surface area contributed by atoms with Gasteiger partial charge in [0.2, 0.25) is 10.0 Å². The van der Waals surface area contributed by atoms with Crippen LogP contribution in [0.1, 0.15) is 22.5 Å². The number of rotatable bonds is 5. The van der Waals surface area contributed by atoms with Gasteiger partial charge in [0.15, 0.2) is 12.4 Å². The van der Waals surface area contributed by atoms with Gasteiger partial charge in [-0.15, -0.1) is 0 Å². The SMILES string of the molecule is O=C(OCc1cc(-c2ccc(Cl)cc2)no1)c1cccc(N2CCCS2(=O)=O)c1. The maximum Gasteiger partial charge on any atom is 0.338 e. The Hall–Kier alpha value is -2.84. The van der Waals surface area contributed by atoms with E-state index in [1.54, 1.807) is 36.4 Å². The van der Waals surface area contributed by atoms with E-state index < -0.39 is 16.0 Å². The normalized spacial score (nSPS) is 15.4. The number of ether oxygens (including phenoxy) is 1. The first-order chi connectivity index (χ1) is 13.9. The monoisotopic (exact) mass is 432 g/mol. The van der Waals surface area contributed by atoms with Crippen molar-refractivity contribution in [1.82, 2.24) is 5.16 Å². The van der Waals surface area contributed by atoms with E-state index in [1.807, 2.05) is 12.1 Å². The Labute approximate surface area is 172 Å². The molecule has 9 heteroatoms. The first-order valence-corrected chi connectivity index (χ1v) is 10.9. The van der Waals surface area contributed by atoms with Gasteiger partial charge in [-0.1, -0.05) is 35.0 Å². The topological polar surface area (TPSA) is 89.7 Å². The lowest BCUT2D eigenvalue weighted by atomic mass is 10.1. The van der Waals surface area contributed by atoms with Gasteiger partial charge < -0.3 is 9.26 Å². The fraction of sp³-hybridized carbons (Fsp3) is 0.200. The Morgan fingerprint density at radius 1 is 1.17 bits per heavy atom. The summed E-state index contributed by atoms with van der Waals surface area (Å²) in [6.45, 7) is 0.317. The summed E-state index contributed by atoms with van der Waals surface area (Å²) in [6.07, 6.45) is 0.568. The van der Waals surface area contributed by atoms with Crippen molar-refractivity contribution in [2.45, 2.75) is 13.0 Å². The number of anilines is 1. The fourth-order valence-electron chi connectivity index (χ4n) is 3.08. The summed E-state index contributed by atoms with van der Waals surface area (Å²) < 4.78 is 36.0. The quantitative estimate of drug-likeness (QED) is 0.568. The molecule has 0 radical (unpaired) electrons. The minimum absolute atomic E-state index is 0.0916. The maximum absolute atomic E-state index is 12.4. The lowest BCUT2D eigenvalue weighted by Gasteiger charge is -2.17. The van der Waals surface area contributed by atoms with Crippen LogP contribution in [-0.4, -0.2) is 31.8 Å². The molecule has 2 aromatic carbocycles. The van der Waals surface area contributed by atoms with Crippen LogP contribution in [0, 0.1) is 0 Å². The Bertz CT molecular complexity index is 1140. The molecule has 0 atom stereocenters. The first kappa shape index (κ1) is 19.5. The van der Waals surface area contributed by atoms with Crippen molar-refractivity contribution in [2.75, 3.05) is 16.6 Å². The van der Waals surface area contributed by atoms with Gasteiger partial charge in [0.05, 0.1) is 17.0 Å². The lowest BCUT2D eigenvalue weighted by Crippen LogP contribution is -2.25. The molecule has 0 N–H and O–H groups in total. The number of halogens is 1. The standard InChI is InChI=1S/C20H17ClN2O5S/c21-16-7-5-14(6-8-16)19-12-18(28-22-19)13-27-20(24)15-3-1-4-17(11-15)23-9-2-10-29(23,25)26/h1,3-8,11-12H,2,9-10,13H2. The van der Waals surface area contributed by atoms with E-state index in [9.17, 15) is 13.2 Å². The molecule has 1 fully saturated rings. The molecule has 4 rings (SSSR count). The molecule has 1 aliphatic rings. The maximum atomic E-state index is 12.4. The molecule has 3 aromatic rings. The summed E-state index contributed by atoms with van der Waals surface area (Å²) in [5, 5.41) is 4.59. The molecular formula is C20H17ClN2O5S. The number of carbonyl (C=O) groups is 1. The van der Waals surface area contributed by atoms with Gasteiger partial charge in [0.25, 0.3) is 0 Å². The van der Waals surface area contributed by atoms with Gasteiger partial charge >= 0.3 is 5.97 Å². The predicted octanol–water partition coefficient (Wildman–Crippen LogP) is 3.89. The molecule has 0 spiro atoms. The van der Waals surface area contributed by atoms with Crippen molar-refractivity contribution < 1.29 is 22.5 Å². The number of hydrogen-bond acceptors (Lipinski definition) is 6. The molecule has 0 amide bonds. The second-order valence-electron chi connectivity index (χ2n) is 6.55. The highest BCUT2D eigenvalue weighted by Crippen LogP contribution is 2.25. The summed E-state index contributed by atoms with van der Waals surface area (Å²) >= 11 is 5.88. The minimum atomic E-state index is -3.31. The molecule has 0 bridgehead atoms. The van der Waals surface area contributed by atoms with E-state index in [1.165, 1.54) is 10.4 Å². The van der Waals surface area contributed by atoms with Gasteiger partial charge in [0.1, 0.15) is 5.69 Å². The number of hydrogen-bond donors (Lipinski definition) is 0. The van der Waals surface area contributed by atoms with Crippen molar-refractivity contribution in [3.63, 3.8) is 0 Å². The smallest absolute Gasteiger partial charge is 0.338 e. The van der Waals surface area contributed by atoms with Crippen LogP contribution < -0.4 is 4.31 Å². The van der Waals surface area contributed by atoms with Crippen LogP contribution in [0.2, 0.25) is 5.02 Å². The largest absolute Gasteiger partial charge is 0.454 e. The molecule has 1 aliphatic heterocycles. The zero-order chi connectivity index (χ0) is 20.4. The van der Waals surface area contributed by atoms with Crippen LogP contribution in [-0.2, 0) is 21.4 Å². The van der Waals surface area contributed by atoms with Gasteiger partial charge in [-0.05, 0) is 36.8 Å². The Morgan fingerprint density at radius 3 is 2.69 bits per heavy atom. The van der Waals surface area contributed by atoms with Crippen LogP contribution in [0.15, 0.2) is 59.1 Å². The Kier molecular flexibility index (Phi) is 5.29. The molecule has 2 heterocycles. The summed E-state index contributed by atoms with van der Waals surface area (Å²) in [4.78, 5) is 12.4. The second kappa shape index (κ2) is 7.88. The third-order valence-corrected chi connectivity index (χ3v) is 6.64. The van der Waals surface area contributed by atoms with Crippen LogP contribution in [0.5, 0.6) is 0 Å². The number of sulfonamides is 1. The van der Waals surface area contributed by atoms with Gasteiger partial charge in [-0.2, -0.15) is 0 Å². The second-order valence-corrected chi connectivity index (χ2v) is 9.00. The first-order valence-electron chi connectivity index (χ1n) is 8.91. The summed E-state index contributed by atoms with van der Waals surface area (Å²) in [7, 11) is -3.31. The van der Waals surface area contributed by atoms with E-state index in [2.05, 4.69) is 5.16 Å². The molecule has 1 saturated heterocycles.